The van der Waals surface area contributed by atoms with Crippen LogP contribution in [-0.2, 0) is 6.54 Å². The van der Waals surface area contributed by atoms with E-state index in [1.807, 2.05) is 12.1 Å². The minimum Gasteiger partial charge on any atom is -0.326 e. The topological polar surface area (TPSA) is 26.0 Å². The van der Waals surface area contributed by atoms with Crippen LogP contribution in [0.4, 0.5) is 0 Å². The van der Waals surface area contributed by atoms with Gasteiger partial charge in [-0.15, -0.1) is 0 Å². The van der Waals surface area contributed by atoms with Crippen molar-refractivity contribution in [1.82, 2.24) is 0 Å². The van der Waals surface area contributed by atoms with Crippen molar-refractivity contribution in [3.8, 4) is 33.4 Å². The van der Waals surface area contributed by atoms with Gasteiger partial charge in [0.1, 0.15) is 0 Å². The Hall–Kier alpha value is -3.16. The molecule has 1 heteroatoms. The van der Waals surface area contributed by atoms with Crippen LogP contribution in [0.1, 0.15) is 5.56 Å². The van der Waals surface area contributed by atoms with Crippen molar-refractivity contribution in [3.63, 3.8) is 0 Å². The molecule has 4 aromatic carbocycles. The van der Waals surface area contributed by atoms with Crippen LogP contribution in [0.5, 0.6) is 0 Å². The second kappa shape index (κ2) is 7.38. The van der Waals surface area contributed by atoms with E-state index in [9.17, 15) is 0 Å². The van der Waals surface area contributed by atoms with Crippen molar-refractivity contribution in [2.45, 2.75) is 6.54 Å². The van der Waals surface area contributed by atoms with E-state index in [1.54, 1.807) is 0 Å². The van der Waals surface area contributed by atoms with Gasteiger partial charge in [0.05, 0.1) is 0 Å². The Kier molecular flexibility index (Phi) is 4.63. The summed E-state index contributed by atoms with van der Waals surface area (Å²) in [5, 5.41) is 0. The van der Waals surface area contributed by atoms with Crippen molar-refractivity contribution < 1.29 is 0 Å². The summed E-state index contributed by atoms with van der Waals surface area (Å²) in [5.74, 6) is 0. The number of rotatable bonds is 4. The highest BCUT2D eigenvalue weighted by molar-refractivity contribution is 5.88. The summed E-state index contributed by atoms with van der Waals surface area (Å²) in [7, 11) is 0. The van der Waals surface area contributed by atoms with E-state index >= 15 is 0 Å². The van der Waals surface area contributed by atoms with E-state index in [0.29, 0.717) is 6.54 Å². The summed E-state index contributed by atoms with van der Waals surface area (Å²) in [6, 6.07) is 36.2. The molecular formula is C25H21N. The molecule has 1 nitrogen and oxygen atoms in total. The third-order valence-electron chi connectivity index (χ3n) is 4.74. The van der Waals surface area contributed by atoms with Gasteiger partial charge in [0.15, 0.2) is 0 Å². The zero-order valence-electron chi connectivity index (χ0n) is 14.6. The first-order valence-corrected chi connectivity index (χ1v) is 8.90. The molecule has 126 valence electrons. The lowest BCUT2D eigenvalue weighted by Crippen LogP contribution is -1.99. The molecule has 2 N–H and O–H groups in total. The molecule has 0 amide bonds. The largest absolute Gasteiger partial charge is 0.326 e. The molecule has 0 aromatic heterocycles. The Morgan fingerprint density at radius 2 is 1.08 bits per heavy atom. The summed E-state index contributed by atoms with van der Waals surface area (Å²) < 4.78 is 0. The van der Waals surface area contributed by atoms with Crippen LogP contribution in [0.2, 0.25) is 0 Å². The Morgan fingerprint density at radius 3 is 1.77 bits per heavy atom. The van der Waals surface area contributed by atoms with Gasteiger partial charge < -0.3 is 5.73 Å². The summed E-state index contributed by atoms with van der Waals surface area (Å²) in [5.41, 5.74) is 14.5. The van der Waals surface area contributed by atoms with E-state index in [4.69, 9.17) is 5.73 Å². The molecule has 0 bridgehead atoms. The zero-order valence-corrected chi connectivity index (χ0v) is 14.6. The molecule has 0 atom stereocenters. The average molecular weight is 335 g/mol. The van der Waals surface area contributed by atoms with Crippen molar-refractivity contribution in [1.29, 1.82) is 0 Å². The third kappa shape index (κ3) is 3.17. The van der Waals surface area contributed by atoms with Crippen LogP contribution in [0.15, 0.2) is 103 Å². The summed E-state index contributed by atoms with van der Waals surface area (Å²) >= 11 is 0. The SMILES string of the molecule is NCc1ccccc1-c1ccc(-c2ccccc2)cc1-c1ccccc1. The monoisotopic (exact) mass is 335 g/mol. The predicted octanol–water partition coefficient (Wildman–Crippen LogP) is 6.15. The number of hydrogen-bond acceptors (Lipinski definition) is 1. The summed E-state index contributed by atoms with van der Waals surface area (Å²) in [6.45, 7) is 0.533. The Balaban J connectivity index is 1.94. The van der Waals surface area contributed by atoms with E-state index in [1.165, 1.54) is 33.4 Å². The first-order valence-electron chi connectivity index (χ1n) is 8.90. The molecule has 0 saturated heterocycles. The molecule has 0 saturated carbocycles. The fourth-order valence-electron chi connectivity index (χ4n) is 3.41. The number of nitrogens with two attached hydrogens (primary N) is 1. The Labute approximate surface area is 154 Å². The second-order valence-corrected chi connectivity index (χ2v) is 6.35. The standard InChI is InChI=1S/C25H21N/c26-18-22-13-7-8-14-23(22)24-16-15-21(19-9-3-1-4-10-19)17-25(24)20-11-5-2-6-12-20/h1-17H,18,26H2. The van der Waals surface area contributed by atoms with Crippen LogP contribution < -0.4 is 5.73 Å². The fraction of sp³-hybridized carbons (Fsp3) is 0.0400. The lowest BCUT2D eigenvalue weighted by atomic mass is 9.89. The molecule has 0 aliphatic heterocycles. The molecule has 0 heterocycles. The van der Waals surface area contributed by atoms with Gasteiger partial charge in [0, 0.05) is 6.54 Å². The smallest absolute Gasteiger partial charge is 0.0184 e. The summed E-state index contributed by atoms with van der Waals surface area (Å²) in [6.07, 6.45) is 0. The van der Waals surface area contributed by atoms with E-state index in [2.05, 4.69) is 91.0 Å². The van der Waals surface area contributed by atoms with Crippen molar-refractivity contribution >= 4 is 0 Å². The highest BCUT2D eigenvalue weighted by Gasteiger charge is 2.12. The maximum Gasteiger partial charge on any atom is 0.0184 e. The maximum atomic E-state index is 6.00. The molecule has 0 fully saturated rings. The fourth-order valence-corrected chi connectivity index (χ4v) is 3.41. The molecular weight excluding hydrogens is 314 g/mol. The molecule has 0 spiro atoms. The lowest BCUT2D eigenvalue weighted by Gasteiger charge is -2.15. The van der Waals surface area contributed by atoms with Gasteiger partial charge in [-0.05, 0) is 45.0 Å². The first kappa shape index (κ1) is 16.3. The van der Waals surface area contributed by atoms with E-state index < -0.39 is 0 Å². The average Bonchev–Trinajstić information content (AvgIpc) is 2.74. The van der Waals surface area contributed by atoms with Crippen molar-refractivity contribution in [2.75, 3.05) is 0 Å². The minimum atomic E-state index is 0.533. The lowest BCUT2D eigenvalue weighted by molar-refractivity contribution is 1.07. The van der Waals surface area contributed by atoms with Gasteiger partial charge in [-0.25, -0.2) is 0 Å². The van der Waals surface area contributed by atoms with E-state index in [-0.39, 0.29) is 0 Å². The first-order chi connectivity index (χ1) is 12.9. The molecule has 26 heavy (non-hydrogen) atoms. The molecule has 0 aliphatic rings. The van der Waals surface area contributed by atoms with Crippen LogP contribution in [0, 0.1) is 0 Å². The third-order valence-corrected chi connectivity index (χ3v) is 4.74. The van der Waals surface area contributed by atoms with Crippen LogP contribution in [0.25, 0.3) is 33.4 Å². The van der Waals surface area contributed by atoms with Gasteiger partial charge >= 0.3 is 0 Å². The Bertz CT molecular complexity index is 1000. The normalized spacial score (nSPS) is 10.7. The molecule has 0 radical (unpaired) electrons. The van der Waals surface area contributed by atoms with Crippen LogP contribution in [-0.4, -0.2) is 0 Å². The van der Waals surface area contributed by atoms with Crippen molar-refractivity contribution in [3.05, 3.63) is 109 Å². The highest BCUT2D eigenvalue weighted by atomic mass is 14.5. The molecule has 4 rings (SSSR count). The van der Waals surface area contributed by atoms with Crippen LogP contribution in [0.3, 0.4) is 0 Å². The van der Waals surface area contributed by atoms with Gasteiger partial charge in [0.25, 0.3) is 0 Å². The zero-order chi connectivity index (χ0) is 17.8. The quantitative estimate of drug-likeness (QED) is 0.476. The van der Waals surface area contributed by atoms with Crippen LogP contribution >= 0.6 is 0 Å². The molecule has 0 unspecified atom stereocenters. The number of benzene rings is 4. The minimum absolute atomic E-state index is 0.533. The number of hydrogen-bond donors (Lipinski definition) is 1. The molecule has 0 aliphatic carbocycles. The second-order valence-electron chi connectivity index (χ2n) is 6.35. The highest BCUT2D eigenvalue weighted by Crippen LogP contribution is 2.37. The van der Waals surface area contributed by atoms with Crippen molar-refractivity contribution in [2.24, 2.45) is 5.73 Å². The molecule has 4 aromatic rings. The van der Waals surface area contributed by atoms with E-state index in [0.717, 1.165) is 5.56 Å². The van der Waals surface area contributed by atoms with Gasteiger partial charge in [0.2, 0.25) is 0 Å². The Morgan fingerprint density at radius 1 is 0.462 bits per heavy atom. The predicted molar refractivity (Wildman–Crippen MR) is 111 cm³/mol. The van der Waals surface area contributed by atoms with Gasteiger partial charge in [-0.3, -0.25) is 0 Å². The van der Waals surface area contributed by atoms with Gasteiger partial charge in [-0.1, -0.05) is 97.1 Å². The summed E-state index contributed by atoms with van der Waals surface area (Å²) in [4.78, 5) is 0. The maximum absolute atomic E-state index is 6.00. The van der Waals surface area contributed by atoms with Gasteiger partial charge in [-0.2, -0.15) is 0 Å².